The summed E-state index contributed by atoms with van der Waals surface area (Å²) in [5, 5.41) is 7.79. The number of hydrogen-bond acceptors (Lipinski definition) is 3. The van der Waals surface area contributed by atoms with Crippen molar-refractivity contribution in [3.05, 3.63) is 81.2 Å². The maximum Gasteiger partial charge on any atom is 0.280 e. The standard InChI is InChI=1S/C17H15ClN4O/c1-12-16(11-19-20-14-5-3-2-4-6-14)17(23)22(21-12)15-9-7-13(18)8-10-15/h2-11,20-21H,1H3/b19-11-. The molecule has 0 aliphatic carbocycles. The summed E-state index contributed by atoms with van der Waals surface area (Å²) in [5.41, 5.74) is 5.55. The molecule has 0 saturated heterocycles. The van der Waals surface area contributed by atoms with Crippen LogP contribution in [0.25, 0.3) is 5.69 Å². The highest BCUT2D eigenvalue weighted by molar-refractivity contribution is 6.30. The minimum absolute atomic E-state index is 0.163. The zero-order valence-electron chi connectivity index (χ0n) is 12.5. The van der Waals surface area contributed by atoms with Crippen molar-refractivity contribution in [3.63, 3.8) is 0 Å². The predicted molar refractivity (Wildman–Crippen MR) is 93.8 cm³/mol. The molecular formula is C17H15ClN4O. The fraction of sp³-hybridized carbons (Fsp3) is 0.0588. The molecule has 3 rings (SSSR count). The summed E-state index contributed by atoms with van der Waals surface area (Å²) in [5.74, 6) is 0. The highest BCUT2D eigenvalue weighted by Crippen LogP contribution is 2.12. The Hall–Kier alpha value is -2.79. The normalized spacial score (nSPS) is 11.0. The Labute approximate surface area is 138 Å². The third-order valence-electron chi connectivity index (χ3n) is 3.36. The van der Waals surface area contributed by atoms with Gasteiger partial charge in [0.05, 0.1) is 23.2 Å². The van der Waals surface area contributed by atoms with Crippen LogP contribution >= 0.6 is 11.6 Å². The number of hydrogen-bond donors (Lipinski definition) is 2. The summed E-state index contributed by atoms with van der Waals surface area (Å²) in [6.07, 6.45) is 1.52. The van der Waals surface area contributed by atoms with Gasteiger partial charge < -0.3 is 0 Å². The van der Waals surface area contributed by atoms with Crippen molar-refractivity contribution in [2.45, 2.75) is 6.92 Å². The van der Waals surface area contributed by atoms with Crippen LogP contribution in [-0.4, -0.2) is 16.0 Å². The molecule has 5 nitrogen and oxygen atoms in total. The van der Waals surface area contributed by atoms with Crippen LogP contribution in [0.5, 0.6) is 0 Å². The maximum atomic E-state index is 12.5. The third kappa shape index (κ3) is 3.35. The van der Waals surface area contributed by atoms with E-state index in [-0.39, 0.29) is 5.56 Å². The Morgan fingerprint density at radius 3 is 2.52 bits per heavy atom. The van der Waals surface area contributed by atoms with Crippen molar-refractivity contribution in [3.8, 4) is 5.69 Å². The number of halogens is 1. The molecule has 0 radical (unpaired) electrons. The van der Waals surface area contributed by atoms with E-state index in [0.29, 0.717) is 10.6 Å². The zero-order chi connectivity index (χ0) is 16.2. The number of nitrogens with one attached hydrogen (secondary N) is 2. The quantitative estimate of drug-likeness (QED) is 0.568. The van der Waals surface area contributed by atoms with Crippen LogP contribution < -0.4 is 11.0 Å². The van der Waals surface area contributed by atoms with Crippen LogP contribution in [0.3, 0.4) is 0 Å². The number of anilines is 1. The van der Waals surface area contributed by atoms with E-state index in [1.165, 1.54) is 10.9 Å². The van der Waals surface area contributed by atoms with Gasteiger partial charge in [-0.1, -0.05) is 29.8 Å². The molecule has 2 N–H and O–H groups in total. The minimum atomic E-state index is -0.163. The molecule has 2 aromatic carbocycles. The van der Waals surface area contributed by atoms with E-state index >= 15 is 0 Å². The van der Waals surface area contributed by atoms with Crippen LogP contribution in [-0.2, 0) is 0 Å². The van der Waals surface area contributed by atoms with E-state index in [1.54, 1.807) is 24.3 Å². The van der Waals surface area contributed by atoms with Crippen LogP contribution in [0.4, 0.5) is 5.69 Å². The van der Waals surface area contributed by atoms with Crippen molar-refractivity contribution in [2.75, 3.05) is 5.43 Å². The van der Waals surface area contributed by atoms with Gasteiger partial charge in [0.1, 0.15) is 0 Å². The fourth-order valence-electron chi connectivity index (χ4n) is 2.17. The molecule has 116 valence electrons. The topological polar surface area (TPSA) is 62.2 Å². The van der Waals surface area contributed by atoms with E-state index in [9.17, 15) is 4.79 Å². The monoisotopic (exact) mass is 326 g/mol. The van der Waals surface area contributed by atoms with Crippen LogP contribution in [0.15, 0.2) is 64.5 Å². The Morgan fingerprint density at radius 2 is 1.83 bits per heavy atom. The van der Waals surface area contributed by atoms with Crippen molar-refractivity contribution >= 4 is 23.5 Å². The van der Waals surface area contributed by atoms with Crippen molar-refractivity contribution in [2.24, 2.45) is 5.10 Å². The van der Waals surface area contributed by atoms with E-state index in [0.717, 1.165) is 17.1 Å². The molecule has 0 spiro atoms. The molecule has 0 unspecified atom stereocenters. The first-order chi connectivity index (χ1) is 11.1. The molecule has 1 aromatic heterocycles. The third-order valence-corrected chi connectivity index (χ3v) is 3.61. The van der Waals surface area contributed by atoms with Crippen molar-refractivity contribution in [1.29, 1.82) is 0 Å². The summed E-state index contributed by atoms with van der Waals surface area (Å²) in [7, 11) is 0. The molecule has 0 aliphatic heterocycles. The van der Waals surface area contributed by atoms with Gasteiger partial charge >= 0.3 is 0 Å². The molecule has 6 heteroatoms. The Morgan fingerprint density at radius 1 is 1.13 bits per heavy atom. The Kier molecular flexibility index (Phi) is 4.30. The number of nitrogens with zero attached hydrogens (tertiary/aromatic N) is 2. The lowest BCUT2D eigenvalue weighted by atomic mass is 10.3. The van der Waals surface area contributed by atoms with Gasteiger partial charge in [-0.25, -0.2) is 4.68 Å². The van der Waals surface area contributed by atoms with Gasteiger partial charge in [-0.2, -0.15) is 5.10 Å². The molecule has 0 atom stereocenters. The predicted octanol–water partition coefficient (Wildman–Crippen LogP) is 3.57. The molecule has 1 heterocycles. The maximum absolute atomic E-state index is 12.5. The first-order valence-electron chi connectivity index (χ1n) is 7.07. The summed E-state index contributed by atoms with van der Waals surface area (Å²) in [4.78, 5) is 12.5. The summed E-state index contributed by atoms with van der Waals surface area (Å²) in [6, 6.07) is 16.6. The second-order valence-electron chi connectivity index (χ2n) is 5.00. The van der Waals surface area contributed by atoms with E-state index < -0.39 is 0 Å². The number of rotatable bonds is 4. The molecule has 23 heavy (non-hydrogen) atoms. The summed E-state index contributed by atoms with van der Waals surface area (Å²) < 4.78 is 1.47. The first kappa shape index (κ1) is 15.1. The van der Waals surface area contributed by atoms with Gasteiger partial charge in [0.15, 0.2) is 0 Å². The number of benzene rings is 2. The number of hydrazone groups is 1. The average Bonchev–Trinajstić information content (AvgIpc) is 2.85. The first-order valence-corrected chi connectivity index (χ1v) is 7.44. The van der Waals surface area contributed by atoms with Gasteiger partial charge in [-0.3, -0.25) is 15.3 Å². The molecule has 0 bridgehead atoms. The number of aromatic amines is 1. The minimum Gasteiger partial charge on any atom is -0.295 e. The second-order valence-corrected chi connectivity index (χ2v) is 5.44. The van der Waals surface area contributed by atoms with Crippen LogP contribution in [0.2, 0.25) is 5.02 Å². The fourth-order valence-corrected chi connectivity index (χ4v) is 2.29. The smallest absolute Gasteiger partial charge is 0.280 e. The average molecular weight is 327 g/mol. The van der Waals surface area contributed by atoms with E-state index in [2.05, 4.69) is 15.6 Å². The lowest BCUT2D eigenvalue weighted by Crippen LogP contribution is -2.17. The lowest BCUT2D eigenvalue weighted by molar-refractivity contribution is 0.835. The Bertz CT molecular complexity index is 879. The van der Waals surface area contributed by atoms with E-state index in [4.69, 9.17) is 11.6 Å². The van der Waals surface area contributed by atoms with Gasteiger partial charge in [0, 0.05) is 10.7 Å². The van der Waals surface area contributed by atoms with Crippen molar-refractivity contribution < 1.29 is 0 Å². The number of aryl methyl sites for hydroxylation is 1. The van der Waals surface area contributed by atoms with Crippen LogP contribution in [0.1, 0.15) is 11.3 Å². The summed E-state index contributed by atoms with van der Waals surface area (Å²) >= 11 is 5.88. The largest absolute Gasteiger partial charge is 0.295 e. The number of aromatic nitrogens is 2. The summed E-state index contributed by atoms with van der Waals surface area (Å²) in [6.45, 7) is 1.83. The number of H-pyrrole nitrogens is 1. The van der Waals surface area contributed by atoms with Crippen LogP contribution in [0, 0.1) is 6.92 Å². The Balaban J connectivity index is 1.86. The second kappa shape index (κ2) is 6.54. The highest BCUT2D eigenvalue weighted by Gasteiger charge is 2.10. The lowest BCUT2D eigenvalue weighted by Gasteiger charge is -2.00. The highest BCUT2D eigenvalue weighted by atomic mass is 35.5. The molecule has 0 fully saturated rings. The molecular weight excluding hydrogens is 312 g/mol. The van der Waals surface area contributed by atoms with Crippen molar-refractivity contribution in [1.82, 2.24) is 9.78 Å². The van der Waals surface area contributed by atoms with E-state index in [1.807, 2.05) is 37.3 Å². The molecule has 0 saturated carbocycles. The molecule has 3 aromatic rings. The number of para-hydroxylation sites is 1. The SMILES string of the molecule is Cc1[nH]n(-c2ccc(Cl)cc2)c(=O)c1/C=N\Nc1ccccc1. The molecule has 0 amide bonds. The van der Waals surface area contributed by atoms with Gasteiger partial charge in [0.25, 0.3) is 5.56 Å². The van der Waals surface area contributed by atoms with Gasteiger partial charge in [-0.05, 0) is 43.3 Å². The zero-order valence-corrected chi connectivity index (χ0v) is 13.2. The molecule has 0 aliphatic rings. The van der Waals surface area contributed by atoms with Gasteiger partial charge in [-0.15, -0.1) is 0 Å². The van der Waals surface area contributed by atoms with Gasteiger partial charge in [0.2, 0.25) is 0 Å².